The topological polar surface area (TPSA) is 102 Å². The first-order chi connectivity index (χ1) is 15.8. The number of carbonyl (C=O) groups excluding carboxylic acids is 2. The first-order valence-corrected chi connectivity index (χ1v) is 11.1. The predicted molar refractivity (Wildman–Crippen MR) is 131 cm³/mol. The molecule has 0 saturated carbocycles. The number of nitrogens with zero attached hydrogens (tertiary/aromatic N) is 2. The Labute approximate surface area is 193 Å². The molecule has 4 aromatic rings. The number of benzene rings is 2. The molecule has 0 bridgehead atoms. The Hall–Kier alpha value is -3.98. The zero-order chi connectivity index (χ0) is 23.7. The van der Waals surface area contributed by atoms with Gasteiger partial charge in [0.1, 0.15) is 11.2 Å². The van der Waals surface area contributed by atoms with E-state index in [2.05, 4.69) is 10.6 Å². The number of anilines is 2. The van der Waals surface area contributed by atoms with E-state index in [1.807, 2.05) is 19.9 Å². The van der Waals surface area contributed by atoms with Crippen molar-refractivity contribution in [3.8, 4) is 5.69 Å². The van der Waals surface area contributed by atoms with Gasteiger partial charge in [0.2, 0.25) is 11.8 Å². The maximum Gasteiger partial charge on any atom is 0.336 e. The quantitative estimate of drug-likeness (QED) is 0.474. The molecule has 0 fully saturated rings. The number of carbonyl (C=O) groups is 2. The first kappa shape index (κ1) is 22.2. The number of hydrogen-bond donors (Lipinski definition) is 2. The third-order valence-corrected chi connectivity index (χ3v) is 6.25. The van der Waals surface area contributed by atoms with Crippen LogP contribution < -0.4 is 21.9 Å². The Morgan fingerprint density at radius 1 is 0.939 bits per heavy atom. The second-order valence-electron chi connectivity index (χ2n) is 7.67. The lowest BCUT2D eigenvalue weighted by molar-refractivity contribution is -0.117. The van der Waals surface area contributed by atoms with Crippen LogP contribution in [0.2, 0.25) is 0 Å². The molecule has 2 aromatic heterocycles. The van der Waals surface area contributed by atoms with Crippen molar-refractivity contribution in [1.82, 2.24) is 9.13 Å². The second kappa shape index (κ2) is 8.87. The number of amides is 2. The average molecular weight is 463 g/mol. The summed E-state index contributed by atoms with van der Waals surface area (Å²) in [6.07, 6.45) is 0. The maximum atomic E-state index is 13.4. The van der Waals surface area contributed by atoms with E-state index in [0.717, 1.165) is 15.7 Å². The van der Waals surface area contributed by atoms with Gasteiger partial charge in [-0.1, -0.05) is 12.1 Å². The lowest BCUT2D eigenvalue weighted by Crippen LogP contribution is -2.40. The van der Waals surface area contributed by atoms with Crippen molar-refractivity contribution in [1.29, 1.82) is 0 Å². The van der Waals surface area contributed by atoms with E-state index in [4.69, 9.17) is 0 Å². The van der Waals surface area contributed by atoms with Crippen LogP contribution in [-0.4, -0.2) is 20.9 Å². The molecule has 0 aliphatic carbocycles. The van der Waals surface area contributed by atoms with E-state index in [1.54, 1.807) is 47.8 Å². The Kier molecular flexibility index (Phi) is 5.97. The second-order valence-corrected chi connectivity index (χ2v) is 8.59. The third-order valence-electron chi connectivity index (χ3n) is 5.36. The molecule has 2 N–H and O–H groups in total. The lowest BCUT2D eigenvalue weighted by atomic mass is 10.1. The van der Waals surface area contributed by atoms with Gasteiger partial charge in [-0.3, -0.25) is 19.0 Å². The SMILES string of the molecule is CC(=O)Nc1ccc(NC(=O)Cn2c(=O)n(-c3cccc(C)c3C)c(=O)c3sccc32)cc1. The molecule has 0 unspecified atom stereocenters. The Morgan fingerprint density at radius 2 is 1.61 bits per heavy atom. The normalized spacial score (nSPS) is 10.9. The molecule has 0 spiro atoms. The van der Waals surface area contributed by atoms with Crippen LogP contribution in [0.5, 0.6) is 0 Å². The largest absolute Gasteiger partial charge is 0.336 e. The van der Waals surface area contributed by atoms with Crippen molar-refractivity contribution in [2.45, 2.75) is 27.3 Å². The summed E-state index contributed by atoms with van der Waals surface area (Å²) in [5.41, 5.74) is 2.86. The Bertz CT molecular complexity index is 1500. The number of thiophene rings is 1. The van der Waals surface area contributed by atoms with Gasteiger partial charge >= 0.3 is 5.69 Å². The number of hydrogen-bond acceptors (Lipinski definition) is 5. The van der Waals surface area contributed by atoms with Crippen molar-refractivity contribution in [3.05, 3.63) is 85.9 Å². The molecule has 168 valence electrons. The highest BCUT2D eigenvalue weighted by Crippen LogP contribution is 2.19. The van der Waals surface area contributed by atoms with E-state index in [0.29, 0.717) is 27.3 Å². The van der Waals surface area contributed by atoms with Crippen molar-refractivity contribution < 1.29 is 9.59 Å². The monoisotopic (exact) mass is 462 g/mol. The molecule has 2 amide bonds. The molecule has 2 heterocycles. The summed E-state index contributed by atoms with van der Waals surface area (Å²) in [5, 5.41) is 7.14. The minimum absolute atomic E-state index is 0.190. The number of nitrogens with one attached hydrogen (secondary N) is 2. The summed E-state index contributed by atoms with van der Waals surface area (Å²) in [5.74, 6) is -0.604. The van der Waals surface area contributed by atoms with Crippen molar-refractivity contribution >= 4 is 44.7 Å². The molecule has 2 aromatic carbocycles. The van der Waals surface area contributed by atoms with Gasteiger partial charge < -0.3 is 10.6 Å². The van der Waals surface area contributed by atoms with Gasteiger partial charge in [-0.15, -0.1) is 11.3 Å². The number of fused-ring (bicyclic) bond motifs is 1. The first-order valence-electron chi connectivity index (χ1n) is 10.2. The van der Waals surface area contributed by atoms with E-state index in [1.165, 1.54) is 22.8 Å². The van der Waals surface area contributed by atoms with Gasteiger partial charge in [-0.25, -0.2) is 9.36 Å². The van der Waals surface area contributed by atoms with Gasteiger partial charge in [0.05, 0.1) is 11.2 Å². The molecular weight excluding hydrogens is 440 g/mol. The Morgan fingerprint density at radius 3 is 2.27 bits per heavy atom. The maximum absolute atomic E-state index is 13.4. The van der Waals surface area contributed by atoms with Crippen molar-refractivity contribution in [2.75, 3.05) is 10.6 Å². The van der Waals surface area contributed by atoms with Gasteiger partial charge in [0, 0.05) is 18.3 Å². The summed E-state index contributed by atoms with van der Waals surface area (Å²) < 4.78 is 2.86. The molecule has 0 atom stereocenters. The van der Waals surface area contributed by atoms with Crippen LogP contribution in [0.3, 0.4) is 0 Å². The number of rotatable bonds is 5. The van der Waals surface area contributed by atoms with Crippen molar-refractivity contribution in [3.63, 3.8) is 0 Å². The Balaban J connectivity index is 1.71. The highest BCUT2D eigenvalue weighted by Gasteiger charge is 2.19. The number of aryl methyl sites for hydroxylation is 1. The van der Waals surface area contributed by atoms with Gasteiger partial charge in [-0.2, -0.15) is 0 Å². The van der Waals surface area contributed by atoms with Crippen LogP contribution in [0.1, 0.15) is 18.1 Å². The zero-order valence-corrected chi connectivity index (χ0v) is 19.2. The van der Waals surface area contributed by atoms with Crippen LogP contribution in [0, 0.1) is 13.8 Å². The standard InChI is InChI=1S/C24H22N4O4S/c1-14-5-4-6-19(15(14)2)28-23(31)22-20(11-12-33-22)27(24(28)32)13-21(30)26-18-9-7-17(8-10-18)25-16(3)29/h4-12H,13H2,1-3H3,(H,25,29)(H,26,30). The molecule has 9 heteroatoms. The summed E-state index contributed by atoms with van der Waals surface area (Å²) in [4.78, 5) is 50.5. The average Bonchev–Trinajstić information content (AvgIpc) is 3.25. The molecule has 0 aliphatic heterocycles. The molecule has 8 nitrogen and oxygen atoms in total. The highest BCUT2D eigenvalue weighted by molar-refractivity contribution is 7.17. The smallest absolute Gasteiger partial charge is 0.326 e. The van der Waals surface area contributed by atoms with E-state index >= 15 is 0 Å². The molecule has 33 heavy (non-hydrogen) atoms. The summed E-state index contributed by atoms with van der Waals surface area (Å²) >= 11 is 1.23. The fourth-order valence-corrected chi connectivity index (χ4v) is 4.44. The van der Waals surface area contributed by atoms with Gasteiger partial charge in [-0.05, 0) is 66.8 Å². The summed E-state index contributed by atoms with van der Waals surface area (Å²) in [6.45, 7) is 4.93. The molecular formula is C24H22N4O4S. The number of aromatic nitrogens is 2. The van der Waals surface area contributed by atoms with Crippen LogP contribution in [0.25, 0.3) is 15.9 Å². The van der Waals surface area contributed by atoms with Crippen LogP contribution in [-0.2, 0) is 16.1 Å². The summed E-state index contributed by atoms with van der Waals surface area (Å²) in [7, 11) is 0. The van der Waals surface area contributed by atoms with E-state index in [9.17, 15) is 19.2 Å². The third kappa shape index (κ3) is 4.35. The lowest BCUT2D eigenvalue weighted by Gasteiger charge is -2.15. The predicted octanol–water partition coefficient (Wildman–Crippen LogP) is 3.43. The van der Waals surface area contributed by atoms with Crippen LogP contribution in [0.4, 0.5) is 11.4 Å². The molecule has 0 aliphatic rings. The minimum atomic E-state index is -0.573. The van der Waals surface area contributed by atoms with Gasteiger partial charge in [0.15, 0.2) is 0 Å². The molecule has 4 rings (SSSR count). The molecule has 0 saturated heterocycles. The van der Waals surface area contributed by atoms with Crippen LogP contribution >= 0.6 is 11.3 Å². The molecule has 0 radical (unpaired) electrons. The summed E-state index contributed by atoms with van der Waals surface area (Å²) in [6, 6.07) is 13.8. The van der Waals surface area contributed by atoms with Crippen molar-refractivity contribution in [2.24, 2.45) is 0 Å². The fourth-order valence-electron chi connectivity index (χ4n) is 3.61. The van der Waals surface area contributed by atoms with Crippen LogP contribution in [0.15, 0.2) is 63.5 Å². The highest BCUT2D eigenvalue weighted by atomic mass is 32.1. The van der Waals surface area contributed by atoms with E-state index < -0.39 is 17.2 Å². The minimum Gasteiger partial charge on any atom is -0.326 e. The fraction of sp³-hybridized carbons (Fsp3) is 0.167. The van der Waals surface area contributed by atoms with Gasteiger partial charge in [0.25, 0.3) is 5.56 Å². The zero-order valence-electron chi connectivity index (χ0n) is 18.3. The van der Waals surface area contributed by atoms with E-state index in [-0.39, 0.29) is 12.5 Å².